The monoisotopic (exact) mass is 419 g/mol. The van der Waals surface area contributed by atoms with Crippen molar-refractivity contribution in [3.8, 4) is 5.75 Å². The number of aryl methyl sites for hydroxylation is 1. The molecule has 0 fully saturated rings. The van der Waals surface area contributed by atoms with Crippen LogP contribution in [-0.4, -0.2) is 25.7 Å². The molecule has 0 aliphatic rings. The molecule has 5 heteroatoms. The highest BCUT2D eigenvalue weighted by molar-refractivity contribution is 14.0. The third kappa shape index (κ3) is 7.33. The first-order valence-corrected chi connectivity index (χ1v) is 7.81. The summed E-state index contributed by atoms with van der Waals surface area (Å²) in [4.78, 5) is 4.22. The third-order valence-electron chi connectivity index (χ3n) is 3.34. The van der Waals surface area contributed by atoms with E-state index in [1.807, 2.05) is 0 Å². The molecule has 1 atom stereocenters. The van der Waals surface area contributed by atoms with Gasteiger partial charge in [-0.15, -0.1) is 24.0 Å². The second-order valence-corrected chi connectivity index (χ2v) is 5.30. The molecule has 4 nitrogen and oxygen atoms in total. The van der Waals surface area contributed by atoms with Gasteiger partial charge in [0.25, 0.3) is 0 Å². The molecule has 0 amide bonds. The molecule has 0 bridgehead atoms. The second-order valence-electron chi connectivity index (χ2n) is 5.30. The normalized spacial score (nSPS) is 12.3. The smallest absolute Gasteiger partial charge is 0.191 e. The molecule has 1 rings (SSSR count). The van der Waals surface area contributed by atoms with E-state index in [-0.39, 0.29) is 30.1 Å². The van der Waals surface area contributed by atoms with E-state index in [1.54, 1.807) is 7.05 Å². The molecule has 1 unspecified atom stereocenters. The second kappa shape index (κ2) is 11.6. The SMILES string of the molecule is CCCNC(=NC)NCc1ccc(C)cc1OC(C)CC.I. The van der Waals surface area contributed by atoms with Crippen molar-refractivity contribution in [2.45, 2.75) is 53.2 Å². The first-order valence-electron chi connectivity index (χ1n) is 7.81. The van der Waals surface area contributed by atoms with Gasteiger partial charge in [-0.05, 0) is 38.3 Å². The Morgan fingerprint density at radius 2 is 2.00 bits per heavy atom. The zero-order valence-corrected chi connectivity index (χ0v) is 16.7. The molecule has 0 radical (unpaired) electrons. The fraction of sp³-hybridized carbons (Fsp3) is 0.588. The Bertz CT molecular complexity index is 463. The van der Waals surface area contributed by atoms with E-state index in [9.17, 15) is 0 Å². The number of aliphatic imine (C=N–C) groups is 1. The number of guanidine groups is 1. The number of benzene rings is 1. The Morgan fingerprint density at radius 1 is 1.27 bits per heavy atom. The maximum absolute atomic E-state index is 6.02. The molecule has 22 heavy (non-hydrogen) atoms. The van der Waals surface area contributed by atoms with Crippen LogP contribution in [0.2, 0.25) is 0 Å². The van der Waals surface area contributed by atoms with Gasteiger partial charge in [-0.25, -0.2) is 0 Å². The molecular weight excluding hydrogens is 389 g/mol. The molecule has 0 spiro atoms. The standard InChI is InChI=1S/C17H29N3O.HI/c1-6-10-19-17(18-5)20-12-15-9-8-13(3)11-16(15)21-14(4)7-2;/h8-9,11,14H,6-7,10,12H2,1-5H3,(H2,18,19,20);1H. The van der Waals surface area contributed by atoms with Crippen LogP contribution in [0.3, 0.4) is 0 Å². The van der Waals surface area contributed by atoms with Crippen LogP contribution in [0, 0.1) is 6.92 Å². The van der Waals surface area contributed by atoms with Gasteiger partial charge in [0.2, 0.25) is 0 Å². The fourth-order valence-corrected chi connectivity index (χ4v) is 1.86. The lowest BCUT2D eigenvalue weighted by molar-refractivity contribution is 0.215. The summed E-state index contributed by atoms with van der Waals surface area (Å²) in [7, 11) is 1.79. The fourth-order valence-electron chi connectivity index (χ4n) is 1.86. The van der Waals surface area contributed by atoms with E-state index in [1.165, 1.54) is 5.56 Å². The van der Waals surface area contributed by atoms with Crippen LogP contribution >= 0.6 is 24.0 Å². The summed E-state index contributed by atoms with van der Waals surface area (Å²) < 4.78 is 6.02. The van der Waals surface area contributed by atoms with Gasteiger partial charge in [0.1, 0.15) is 5.75 Å². The largest absolute Gasteiger partial charge is 0.490 e. The highest BCUT2D eigenvalue weighted by atomic mass is 127. The Labute approximate surface area is 152 Å². The minimum Gasteiger partial charge on any atom is -0.490 e. The van der Waals surface area contributed by atoms with E-state index in [0.717, 1.165) is 36.7 Å². The van der Waals surface area contributed by atoms with Crippen molar-refractivity contribution in [1.82, 2.24) is 10.6 Å². The summed E-state index contributed by atoms with van der Waals surface area (Å²) in [5, 5.41) is 6.60. The van der Waals surface area contributed by atoms with Gasteiger partial charge in [-0.1, -0.05) is 26.0 Å². The van der Waals surface area contributed by atoms with Gasteiger partial charge in [0, 0.05) is 25.7 Å². The van der Waals surface area contributed by atoms with Gasteiger partial charge in [0.05, 0.1) is 6.10 Å². The van der Waals surface area contributed by atoms with E-state index in [2.05, 4.69) is 61.5 Å². The maximum Gasteiger partial charge on any atom is 0.191 e. The molecule has 0 heterocycles. The Hall–Kier alpha value is -0.980. The van der Waals surface area contributed by atoms with E-state index in [4.69, 9.17) is 4.74 Å². The number of halogens is 1. The van der Waals surface area contributed by atoms with Gasteiger partial charge < -0.3 is 15.4 Å². The van der Waals surface area contributed by atoms with Crippen LogP contribution in [0.25, 0.3) is 0 Å². The molecule has 2 N–H and O–H groups in total. The lowest BCUT2D eigenvalue weighted by Gasteiger charge is -2.18. The summed E-state index contributed by atoms with van der Waals surface area (Å²) in [5.41, 5.74) is 2.37. The average Bonchev–Trinajstić information content (AvgIpc) is 2.49. The quantitative estimate of drug-likeness (QED) is 0.401. The zero-order chi connectivity index (χ0) is 15.7. The molecule has 126 valence electrons. The highest BCUT2D eigenvalue weighted by Crippen LogP contribution is 2.22. The number of nitrogens with one attached hydrogen (secondary N) is 2. The van der Waals surface area contributed by atoms with Crippen LogP contribution in [0.5, 0.6) is 5.75 Å². The number of hydrogen-bond acceptors (Lipinski definition) is 2. The Kier molecular flexibility index (Phi) is 11.1. The van der Waals surface area contributed by atoms with Crippen molar-refractivity contribution in [3.63, 3.8) is 0 Å². The highest BCUT2D eigenvalue weighted by Gasteiger charge is 2.08. The number of nitrogens with zero attached hydrogens (tertiary/aromatic N) is 1. The molecule has 0 aromatic heterocycles. The van der Waals surface area contributed by atoms with Gasteiger partial charge in [-0.3, -0.25) is 4.99 Å². The Balaban J connectivity index is 0.00000441. The third-order valence-corrected chi connectivity index (χ3v) is 3.34. The number of rotatable bonds is 7. The van der Waals surface area contributed by atoms with Crippen molar-refractivity contribution >= 4 is 29.9 Å². The van der Waals surface area contributed by atoms with Gasteiger partial charge >= 0.3 is 0 Å². The van der Waals surface area contributed by atoms with E-state index in [0.29, 0.717) is 6.54 Å². The predicted molar refractivity (Wildman–Crippen MR) is 105 cm³/mol. The number of hydrogen-bond donors (Lipinski definition) is 2. The van der Waals surface area contributed by atoms with Crippen molar-refractivity contribution in [1.29, 1.82) is 0 Å². The first-order chi connectivity index (χ1) is 10.1. The number of ether oxygens (including phenoxy) is 1. The molecule has 1 aromatic rings. The van der Waals surface area contributed by atoms with Gasteiger partial charge in [0.15, 0.2) is 5.96 Å². The summed E-state index contributed by atoms with van der Waals surface area (Å²) in [5.74, 6) is 1.79. The summed E-state index contributed by atoms with van der Waals surface area (Å²) in [6, 6.07) is 6.33. The molecule has 0 saturated heterocycles. The first kappa shape index (κ1) is 21.0. The van der Waals surface area contributed by atoms with E-state index < -0.39 is 0 Å². The van der Waals surface area contributed by atoms with E-state index >= 15 is 0 Å². The molecular formula is C17H30IN3O. The van der Waals surface area contributed by atoms with Crippen LogP contribution in [0.1, 0.15) is 44.7 Å². The topological polar surface area (TPSA) is 45.7 Å². The molecule has 0 aliphatic heterocycles. The molecule has 0 aliphatic carbocycles. The van der Waals surface area contributed by atoms with Crippen molar-refractivity contribution in [3.05, 3.63) is 29.3 Å². The summed E-state index contributed by atoms with van der Waals surface area (Å²) >= 11 is 0. The summed E-state index contributed by atoms with van der Waals surface area (Å²) in [6.45, 7) is 10.1. The zero-order valence-electron chi connectivity index (χ0n) is 14.4. The molecule has 1 aromatic carbocycles. The lowest BCUT2D eigenvalue weighted by Crippen LogP contribution is -2.37. The van der Waals surface area contributed by atoms with Crippen LogP contribution in [0.15, 0.2) is 23.2 Å². The summed E-state index contributed by atoms with van der Waals surface area (Å²) in [6.07, 6.45) is 2.30. The van der Waals surface area contributed by atoms with Crippen LogP contribution in [-0.2, 0) is 6.54 Å². The van der Waals surface area contributed by atoms with Crippen LogP contribution in [0.4, 0.5) is 0 Å². The predicted octanol–water partition coefficient (Wildman–Crippen LogP) is 3.87. The van der Waals surface area contributed by atoms with Crippen molar-refractivity contribution in [2.75, 3.05) is 13.6 Å². The Morgan fingerprint density at radius 3 is 2.59 bits per heavy atom. The maximum atomic E-state index is 6.02. The van der Waals surface area contributed by atoms with Crippen molar-refractivity contribution in [2.24, 2.45) is 4.99 Å². The minimum atomic E-state index is 0. The average molecular weight is 419 g/mol. The van der Waals surface area contributed by atoms with Crippen LogP contribution < -0.4 is 15.4 Å². The lowest BCUT2D eigenvalue weighted by atomic mass is 10.1. The van der Waals surface area contributed by atoms with Crippen molar-refractivity contribution < 1.29 is 4.74 Å². The molecule has 0 saturated carbocycles. The van der Waals surface area contributed by atoms with Gasteiger partial charge in [-0.2, -0.15) is 0 Å². The minimum absolute atomic E-state index is 0.